The monoisotopic (exact) mass is 383 g/mol. The number of carbonyl (C=O) groups excluding carboxylic acids is 2. The topological polar surface area (TPSA) is 96.1 Å². The number of benzene rings is 1. The molecule has 1 aromatic carbocycles. The van der Waals surface area contributed by atoms with Gasteiger partial charge in [-0.1, -0.05) is 0 Å². The molecule has 2 aliphatic rings. The third-order valence-corrected chi connectivity index (χ3v) is 5.17. The number of nitrogens with two attached hydrogens (primary N) is 1. The number of aliphatic hydroxyl groups excluding tert-OH is 1. The molecule has 8 heteroatoms. The number of piperazine rings is 1. The van der Waals surface area contributed by atoms with Crippen LogP contribution in [0.5, 0.6) is 0 Å². The van der Waals surface area contributed by atoms with E-state index in [9.17, 15) is 14.7 Å². The molecule has 144 valence electrons. The molecule has 0 aromatic heterocycles. The van der Waals surface area contributed by atoms with Gasteiger partial charge in [0.1, 0.15) is 0 Å². The summed E-state index contributed by atoms with van der Waals surface area (Å²) in [6.07, 6.45) is 0.466. The third kappa shape index (κ3) is 4.28. The lowest BCUT2D eigenvalue weighted by molar-refractivity contribution is -0.135. The minimum Gasteiger partial charge on any atom is -0.465 e. The number of aliphatic hydroxyl groups is 1. The molecule has 2 fully saturated rings. The maximum absolute atomic E-state index is 12.6. The molecule has 0 unspecified atom stereocenters. The summed E-state index contributed by atoms with van der Waals surface area (Å²) in [5.74, 6) is -0.400. The number of hydrogen-bond acceptors (Lipinski definition) is 6. The van der Waals surface area contributed by atoms with Crippen LogP contribution in [-0.2, 0) is 9.53 Å². The summed E-state index contributed by atoms with van der Waals surface area (Å²) in [7, 11) is 1.36. The van der Waals surface area contributed by atoms with E-state index in [-0.39, 0.29) is 36.2 Å². The fourth-order valence-corrected chi connectivity index (χ4v) is 3.62. The van der Waals surface area contributed by atoms with Crippen LogP contribution in [0.3, 0.4) is 0 Å². The molecule has 3 rings (SSSR count). The predicted octanol–water partition coefficient (Wildman–Crippen LogP) is 0.642. The van der Waals surface area contributed by atoms with Crippen molar-refractivity contribution in [2.45, 2.75) is 25.0 Å². The molecule has 1 saturated heterocycles. The molecule has 3 N–H and O–H groups in total. The summed E-state index contributed by atoms with van der Waals surface area (Å²) in [4.78, 5) is 28.1. The second kappa shape index (κ2) is 8.70. The molecule has 1 aliphatic carbocycles. The summed E-state index contributed by atoms with van der Waals surface area (Å²) < 4.78 is 4.70. The Balaban J connectivity index is 0.00000243. The van der Waals surface area contributed by atoms with E-state index in [1.807, 2.05) is 17.0 Å². The number of amides is 1. The minimum atomic E-state index is -0.566. The van der Waals surface area contributed by atoms with Gasteiger partial charge in [-0.3, -0.25) is 4.79 Å². The van der Waals surface area contributed by atoms with Crippen LogP contribution in [0.4, 0.5) is 5.69 Å². The smallest absolute Gasteiger partial charge is 0.337 e. The van der Waals surface area contributed by atoms with Crippen molar-refractivity contribution >= 4 is 30.0 Å². The zero-order chi connectivity index (χ0) is 18.0. The highest BCUT2D eigenvalue weighted by Crippen LogP contribution is 2.27. The first-order chi connectivity index (χ1) is 12.0. The van der Waals surface area contributed by atoms with Gasteiger partial charge in [0.25, 0.3) is 0 Å². The molecule has 26 heavy (non-hydrogen) atoms. The highest BCUT2D eigenvalue weighted by molar-refractivity contribution is 5.89. The molecule has 0 bridgehead atoms. The lowest BCUT2D eigenvalue weighted by Gasteiger charge is -2.37. The molecule has 1 amide bonds. The normalized spacial score (nSPS) is 25.6. The fourth-order valence-electron chi connectivity index (χ4n) is 3.62. The van der Waals surface area contributed by atoms with E-state index >= 15 is 0 Å². The van der Waals surface area contributed by atoms with E-state index in [0.29, 0.717) is 31.5 Å². The van der Waals surface area contributed by atoms with Crippen LogP contribution in [0, 0.1) is 5.92 Å². The second-order valence-corrected chi connectivity index (χ2v) is 6.75. The second-order valence-electron chi connectivity index (χ2n) is 6.75. The van der Waals surface area contributed by atoms with Gasteiger partial charge in [0.2, 0.25) is 5.91 Å². The number of carbonyl (C=O) groups is 2. The molecule has 1 aromatic rings. The Hall–Kier alpha value is -1.83. The predicted molar refractivity (Wildman–Crippen MR) is 101 cm³/mol. The van der Waals surface area contributed by atoms with Crippen molar-refractivity contribution in [3.05, 3.63) is 29.8 Å². The van der Waals surface area contributed by atoms with Crippen LogP contribution in [-0.4, -0.2) is 67.3 Å². The van der Waals surface area contributed by atoms with Crippen LogP contribution >= 0.6 is 12.4 Å². The maximum Gasteiger partial charge on any atom is 0.337 e. The fraction of sp³-hybridized carbons (Fsp3) is 0.556. The summed E-state index contributed by atoms with van der Waals surface area (Å²) in [6.45, 7) is 2.79. The van der Waals surface area contributed by atoms with Crippen LogP contribution in [0.15, 0.2) is 24.3 Å². The zero-order valence-electron chi connectivity index (χ0n) is 14.8. The molecular formula is C18H26ClN3O4. The Kier molecular flexibility index (Phi) is 6.86. The summed E-state index contributed by atoms with van der Waals surface area (Å²) in [5.41, 5.74) is 7.37. The van der Waals surface area contributed by atoms with Crippen LogP contribution in [0.25, 0.3) is 0 Å². The average molecular weight is 384 g/mol. The van der Waals surface area contributed by atoms with Gasteiger partial charge in [0.05, 0.1) is 18.8 Å². The Morgan fingerprint density at radius 3 is 2.23 bits per heavy atom. The number of esters is 1. The first-order valence-corrected chi connectivity index (χ1v) is 8.65. The Bertz CT molecular complexity index is 622. The van der Waals surface area contributed by atoms with Crippen molar-refractivity contribution in [2.24, 2.45) is 11.7 Å². The van der Waals surface area contributed by atoms with Gasteiger partial charge in [0, 0.05) is 43.8 Å². The van der Waals surface area contributed by atoms with E-state index in [2.05, 4.69) is 4.90 Å². The van der Waals surface area contributed by atoms with Gasteiger partial charge in [-0.15, -0.1) is 12.4 Å². The van der Waals surface area contributed by atoms with E-state index in [4.69, 9.17) is 10.5 Å². The zero-order valence-corrected chi connectivity index (χ0v) is 15.7. The van der Waals surface area contributed by atoms with Gasteiger partial charge in [0.15, 0.2) is 0 Å². The highest BCUT2D eigenvalue weighted by Gasteiger charge is 2.37. The number of halogens is 1. The highest BCUT2D eigenvalue weighted by atomic mass is 35.5. The third-order valence-electron chi connectivity index (χ3n) is 5.17. The number of anilines is 1. The molecule has 3 atom stereocenters. The van der Waals surface area contributed by atoms with Crippen molar-refractivity contribution in [1.82, 2.24) is 4.90 Å². The standard InChI is InChI=1S/C18H25N3O4.ClH/c1-25-18(24)12-2-4-14(5-3-12)20-6-8-21(9-7-20)17(23)13-10-15(19)16(22)11-13;/h2-5,13,15-16,22H,6-11,19H2,1H3;1H/t13-,15+,16+;/m0./s1. The van der Waals surface area contributed by atoms with Crippen molar-refractivity contribution in [1.29, 1.82) is 0 Å². The Morgan fingerprint density at radius 1 is 1.12 bits per heavy atom. The number of hydrogen-bond donors (Lipinski definition) is 2. The number of nitrogens with zero attached hydrogens (tertiary/aromatic N) is 2. The van der Waals surface area contributed by atoms with Crippen molar-refractivity contribution in [3.63, 3.8) is 0 Å². The largest absolute Gasteiger partial charge is 0.465 e. The van der Waals surface area contributed by atoms with Crippen molar-refractivity contribution in [3.8, 4) is 0 Å². The van der Waals surface area contributed by atoms with Gasteiger partial charge < -0.3 is 25.4 Å². The first-order valence-electron chi connectivity index (χ1n) is 8.65. The van der Waals surface area contributed by atoms with E-state index in [1.165, 1.54) is 7.11 Å². The summed E-state index contributed by atoms with van der Waals surface area (Å²) in [5, 5.41) is 9.75. The van der Waals surface area contributed by atoms with Crippen LogP contribution in [0.1, 0.15) is 23.2 Å². The summed E-state index contributed by atoms with van der Waals surface area (Å²) >= 11 is 0. The number of ether oxygens (including phenoxy) is 1. The van der Waals surface area contributed by atoms with Gasteiger partial charge in [-0.25, -0.2) is 4.79 Å². The SMILES string of the molecule is COC(=O)c1ccc(N2CCN(C(=O)[C@H]3C[C@@H](N)[C@H](O)C3)CC2)cc1.Cl. The Labute approximate surface area is 159 Å². The quantitative estimate of drug-likeness (QED) is 0.744. The number of rotatable bonds is 3. The van der Waals surface area contributed by atoms with E-state index in [1.54, 1.807) is 12.1 Å². The molecular weight excluding hydrogens is 358 g/mol. The lowest BCUT2D eigenvalue weighted by atomic mass is 10.1. The molecule has 0 radical (unpaired) electrons. The molecule has 7 nitrogen and oxygen atoms in total. The van der Waals surface area contributed by atoms with Gasteiger partial charge >= 0.3 is 5.97 Å². The molecule has 1 heterocycles. The van der Waals surface area contributed by atoms with Crippen molar-refractivity contribution < 1.29 is 19.4 Å². The van der Waals surface area contributed by atoms with Gasteiger partial charge in [-0.2, -0.15) is 0 Å². The van der Waals surface area contributed by atoms with Gasteiger partial charge in [-0.05, 0) is 37.1 Å². The Morgan fingerprint density at radius 2 is 1.73 bits per heavy atom. The maximum atomic E-state index is 12.6. The first kappa shape index (κ1) is 20.5. The van der Waals surface area contributed by atoms with E-state index < -0.39 is 6.10 Å². The minimum absolute atomic E-state index is 0. The average Bonchev–Trinajstić information content (AvgIpc) is 2.99. The van der Waals surface area contributed by atoms with Crippen LogP contribution < -0.4 is 10.6 Å². The molecule has 1 saturated carbocycles. The van der Waals surface area contributed by atoms with Crippen molar-refractivity contribution in [2.75, 3.05) is 38.2 Å². The lowest BCUT2D eigenvalue weighted by Crippen LogP contribution is -2.50. The molecule has 1 aliphatic heterocycles. The summed E-state index contributed by atoms with van der Waals surface area (Å²) in [6, 6.07) is 7.01. The number of methoxy groups -OCH3 is 1. The van der Waals surface area contributed by atoms with Crippen LogP contribution in [0.2, 0.25) is 0 Å². The van der Waals surface area contributed by atoms with E-state index in [0.717, 1.165) is 18.8 Å². The molecule has 0 spiro atoms.